The lowest BCUT2D eigenvalue weighted by atomic mass is 9.98. The molecule has 0 fully saturated rings. The van der Waals surface area contributed by atoms with Crippen molar-refractivity contribution in [3.05, 3.63) is 66.2 Å². The molecule has 0 atom stereocenters. The van der Waals surface area contributed by atoms with Crippen molar-refractivity contribution in [2.45, 2.75) is 12.8 Å². The normalized spacial score (nSPS) is 11.5. The molecular formula is C24H26N2O3. The first-order chi connectivity index (χ1) is 14.2. The molecule has 0 unspecified atom stereocenters. The van der Waals surface area contributed by atoms with Crippen LogP contribution in [-0.4, -0.2) is 33.6 Å². The van der Waals surface area contributed by atoms with E-state index in [4.69, 9.17) is 14.2 Å². The fourth-order valence-electron chi connectivity index (χ4n) is 2.77. The van der Waals surface area contributed by atoms with Crippen molar-refractivity contribution >= 4 is 17.4 Å². The summed E-state index contributed by atoms with van der Waals surface area (Å²) in [5.74, 6) is 1.99. The van der Waals surface area contributed by atoms with E-state index in [1.165, 1.54) is 0 Å². The number of nitrogens with zero attached hydrogens (tertiary/aromatic N) is 2. The van der Waals surface area contributed by atoms with Crippen LogP contribution in [0.3, 0.4) is 0 Å². The molecule has 2 aromatic carbocycles. The summed E-state index contributed by atoms with van der Waals surface area (Å²) in [5, 5.41) is 9.78. The van der Waals surface area contributed by atoms with Crippen LogP contribution in [0.5, 0.6) is 17.2 Å². The van der Waals surface area contributed by atoms with E-state index in [1.807, 2.05) is 54.6 Å². The van der Waals surface area contributed by atoms with Crippen molar-refractivity contribution in [2.24, 2.45) is 4.99 Å². The molecule has 5 nitrogen and oxygen atoms in total. The van der Waals surface area contributed by atoms with Gasteiger partial charge >= 0.3 is 0 Å². The van der Waals surface area contributed by atoms with Gasteiger partial charge in [0.2, 0.25) is 0 Å². The molecule has 0 amide bonds. The zero-order valence-electron chi connectivity index (χ0n) is 17.1. The van der Waals surface area contributed by atoms with Gasteiger partial charge in [-0.1, -0.05) is 24.3 Å². The third-order valence-electron chi connectivity index (χ3n) is 4.32. The number of nitriles is 1. The second kappa shape index (κ2) is 11.4. The van der Waals surface area contributed by atoms with E-state index in [9.17, 15) is 5.26 Å². The fraction of sp³-hybridized carbons (Fsp3) is 0.250. The molecule has 0 saturated carbocycles. The minimum absolute atomic E-state index is 0.372. The zero-order valence-corrected chi connectivity index (χ0v) is 17.1. The van der Waals surface area contributed by atoms with Crippen LogP contribution in [0.1, 0.15) is 24.0 Å². The third kappa shape index (κ3) is 5.98. The predicted molar refractivity (Wildman–Crippen MR) is 118 cm³/mol. The molecule has 0 aromatic heterocycles. The Hall–Kier alpha value is -3.52. The van der Waals surface area contributed by atoms with Gasteiger partial charge in [-0.25, -0.2) is 0 Å². The second-order valence-electron chi connectivity index (χ2n) is 6.17. The summed E-state index contributed by atoms with van der Waals surface area (Å²) < 4.78 is 16.0. The molecule has 0 radical (unpaired) electrons. The molecule has 0 heterocycles. The van der Waals surface area contributed by atoms with Crippen molar-refractivity contribution in [3.8, 4) is 23.3 Å². The van der Waals surface area contributed by atoms with Crippen LogP contribution in [0.2, 0.25) is 0 Å². The second-order valence-corrected chi connectivity index (χ2v) is 6.17. The molecule has 0 spiro atoms. The van der Waals surface area contributed by atoms with E-state index in [-0.39, 0.29) is 0 Å². The highest BCUT2D eigenvalue weighted by molar-refractivity contribution is 6.34. The maximum absolute atomic E-state index is 9.78. The van der Waals surface area contributed by atoms with Crippen molar-refractivity contribution in [1.29, 1.82) is 5.26 Å². The lowest BCUT2D eigenvalue weighted by molar-refractivity contribution is 0.355. The first-order valence-electron chi connectivity index (χ1n) is 9.30. The minimum atomic E-state index is 0.372. The van der Waals surface area contributed by atoms with E-state index in [1.54, 1.807) is 21.3 Å². The fourth-order valence-corrected chi connectivity index (χ4v) is 2.77. The van der Waals surface area contributed by atoms with Crippen molar-refractivity contribution in [1.82, 2.24) is 0 Å². The maximum Gasteiger partial charge on any atom is 0.161 e. The third-order valence-corrected chi connectivity index (χ3v) is 4.32. The van der Waals surface area contributed by atoms with Gasteiger partial charge in [-0.15, -0.1) is 6.58 Å². The highest BCUT2D eigenvalue weighted by Crippen LogP contribution is 2.32. The van der Waals surface area contributed by atoms with Gasteiger partial charge in [-0.2, -0.15) is 5.26 Å². The van der Waals surface area contributed by atoms with Gasteiger partial charge in [0.05, 0.1) is 21.3 Å². The van der Waals surface area contributed by atoms with E-state index in [0.29, 0.717) is 23.8 Å². The summed E-state index contributed by atoms with van der Waals surface area (Å²) >= 11 is 0. The Labute approximate surface area is 172 Å². The Morgan fingerprint density at radius 1 is 1.03 bits per heavy atom. The summed E-state index contributed by atoms with van der Waals surface area (Å²) in [5.41, 5.74) is 2.85. The largest absolute Gasteiger partial charge is 0.497 e. The summed E-state index contributed by atoms with van der Waals surface area (Å²) in [6.07, 6.45) is 5.49. The van der Waals surface area contributed by atoms with Crippen LogP contribution in [0.4, 0.5) is 0 Å². The summed E-state index contributed by atoms with van der Waals surface area (Å²) in [7, 11) is 4.81. The van der Waals surface area contributed by atoms with Gasteiger partial charge in [-0.3, -0.25) is 4.99 Å². The first kappa shape index (κ1) is 21.8. The van der Waals surface area contributed by atoms with Crippen molar-refractivity contribution in [3.63, 3.8) is 0 Å². The lowest BCUT2D eigenvalue weighted by Crippen LogP contribution is -2.02. The van der Waals surface area contributed by atoms with Crippen LogP contribution < -0.4 is 14.2 Å². The number of aliphatic imine (C=N–C) groups is 1. The van der Waals surface area contributed by atoms with E-state index in [0.717, 1.165) is 35.3 Å². The number of allylic oxidation sites excluding steroid dienone is 2. The number of hydrogen-bond donors (Lipinski definition) is 0. The van der Waals surface area contributed by atoms with E-state index >= 15 is 0 Å². The first-order valence-corrected chi connectivity index (χ1v) is 9.30. The van der Waals surface area contributed by atoms with Gasteiger partial charge < -0.3 is 14.2 Å². The molecule has 0 aliphatic carbocycles. The molecular weight excluding hydrogens is 364 g/mol. The van der Waals surface area contributed by atoms with Crippen LogP contribution >= 0.6 is 0 Å². The Bertz CT molecular complexity index is 922. The molecule has 2 aromatic rings. The molecule has 29 heavy (non-hydrogen) atoms. The number of rotatable bonds is 10. The van der Waals surface area contributed by atoms with E-state index in [2.05, 4.69) is 17.6 Å². The molecule has 0 bridgehead atoms. The summed E-state index contributed by atoms with van der Waals surface area (Å²) in [4.78, 5) is 4.53. The molecule has 0 N–H and O–H groups in total. The SMILES string of the molecule is C=CCCCN=C(C#N)/C(=C/c1ccc(OC)cc1)c1ccc(OC)c(OC)c1. The standard InChI is InChI=1S/C24H26N2O3/c1-5-6-7-14-26-22(17-25)21(15-18-8-11-20(27-2)12-9-18)19-10-13-23(28-3)24(16-19)29-4/h5,8-13,15-16H,1,6-7,14H2,2-4H3/b21-15+,26-22?. The van der Waals surface area contributed by atoms with Crippen LogP contribution in [0.15, 0.2) is 60.1 Å². The summed E-state index contributed by atoms with van der Waals surface area (Å²) in [6.45, 7) is 4.28. The van der Waals surface area contributed by atoms with Crippen LogP contribution in [0, 0.1) is 11.3 Å². The smallest absolute Gasteiger partial charge is 0.161 e. The average Bonchev–Trinajstić information content (AvgIpc) is 2.78. The van der Waals surface area contributed by atoms with Gasteiger partial charge in [0, 0.05) is 12.1 Å². The number of hydrogen-bond acceptors (Lipinski definition) is 5. The number of benzene rings is 2. The average molecular weight is 390 g/mol. The predicted octanol–water partition coefficient (Wildman–Crippen LogP) is 5.18. The molecule has 0 aliphatic rings. The topological polar surface area (TPSA) is 63.8 Å². The molecule has 0 aliphatic heterocycles. The maximum atomic E-state index is 9.78. The molecule has 5 heteroatoms. The molecule has 150 valence electrons. The monoisotopic (exact) mass is 390 g/mol. The van der Waals surface area contributed by atoms with Gasteiger partial charge in [0.1, 0.15) is 17.5 Å². The minimum Gasteiger partial charge on any atom is -0.497 e. The van der Waals surface area contributed by atoms with Crippen molar-refractivity contribution in [2.75, 3.05) is 27.9 Å². The van der Waals surface area contributed by atoms with E-state index < -0.39 is 0 Å². The Kier molecular flexibility index (Phi) is 8.52. The van der Waals surface area contributed by atoms with Crippen LogP contribution in [0.25, 0.3) is 11.6 Å². The lowest BCUT2D eigenvalue weighted by Gasteiger charge is -2.12. The Morgan fingerprint density at radius 3 is 2.34 bits per heavy atom. The van der Waals surface area contributed by atoms with Gasteiger partial charge in [0.25, 0.3) is 0 Å². The highest BCUT2D eigenvalue weighted by Gasteiger charge is 2.13. The Balaban J connectivity index is 2.53. The number of methoxy groups -OCH3 is 3. The zero-order chi connectivity index (χ0) is 21.1. The van der Waals surface area contributed by atoms with Crippen molar-refractivity contribution < 1.29 is 14.2 Å². The quantitative estimate of drug-likeness (QED) is 0.243. The highest BCUT2D eigenvalue weighted by atomic mass is 16.5. The Morgan fingerprint density at radius 2 is 1.76 bits per heavy atom. The van der Waals surface area contributed by atoms with Gasteiger partial charge in [-0.05, 0) is 54.3 Å². The molecule has 0 saturated heterocycles. The van der Waals surface area contributed by atoms with Crippen LogP contribution in [-0.2, 0) is 0 Å². The number of unbranched alkanes of at least 4 members (excludes halogenated alkanes) is 1. The summed E-state index contributed by atoms with van der Waals surface area (Å²) in [6, 6.07) is 15.5. The van der Waals surface area contributed by atoms with Gasteiger partial charge in [0.15, 0.2) is 11.5 Å². The number of ether oxygens (including phenoxy) is 3. The molecule has 2 rings (SSSR count).